The van der Waals surface area contributed by atoms with Gasteiger partial charge in [-0.25, -0.2) is 4.98 Å². The Morgan fingerprint density at radius 2 is 2.00 bits per heavy atom. The van der Waals surface area contributed by atoms with Crippen LogP contribution in [-0.2, 0) is 14.9 Å². The lowest BCUT2D eigenvalue weighted by Crippen LogP contribution is -2.40. The fraction of sp³-hybridized carbons (Fsp3) is 0.385. The number of ether oxygens (including phenoxy) is 2. The zero-order valence-electron chi connectivity index (χ0n) is 19.7. The highest BCUT2D eigenvalue weighted by molar-refractivity contribution is 6.36. The van der Waals surface area contributed by atoms with Crippen molar-refractivity contribution in [2.75, 3.05) is 38.6 Å². The molecule has 4 rings (SSSR count). The molecule has 186 valence electrons. The van der Waals surface area contributed by atoms with Crippen molar-refractivity contribution in [1.82, 2.24) is 9.88 Å². The van der Waals surface area contributed by atoms with E-state index in [1.165, 1.54) is 0 Å². The van der Waals surface area contributed by atoms with Crippen molar-refractivity contribution in [2.24, 2.45) is 5.73 Å². The molecule has 2 unspecified atom stereocenters. The molecule has 7 nitrogen and oxygen atoms in total. The van der Waals surface area contributed by atoms with Crippen molar-refractivity contribution in [3.63, 3.8) is 0 Å². The number of halogens is 2. The van der Waals surface area contributed by atoms with E-state index in [0.29, 0.717) is 33.4 Å². The van der Waals surface area contributed by atoms with Crippen molar-refractivity contribution in [1.29, 1.82) is 0 Å². The van der Waals surface area contributed by atoms with Crippen LogP contribution in [0.1, 0.15) is 37.0 Å². The third-order valence-electron chi connectivity index (χ3n) is 6.68. The van der Waals surface area contributed by atoms with Gasteiger partial charge in [0.2, 0.25) is 5.91 Å². The summed E-state index contributed by atoms with van der Waals surface area (Å²) in [6, 6.07) is 7.23. The van der Waals surface area contributed by atoms with E-state index in [2.05, 4.69) is 16.0 Å². The van der Waals surface area contributed by atoms with Crippen LogP contribution in [0.4, 0.5) is 5.82 Å². The molecule has 1 amide bonds. The van der Waals surface area contributed by atoms with Gasteiger partial charge < -0.3 is 20.9 Å². The number of morpholine rings is 1. The van der Waals surface area contributed by atoms with E-state index in [-0.39, 0.29) is 5.82 Å². The fourth-order valence-electron chi connectivity index (χ4n) is 4.64. The molecule has 4 N–H and O–H groups in total. The molecule has 0 spiro atoms. The lowest BCUT2D eigenvalue weighted by molar-refractivity contribution is -0.114. The predicted molar refractivity (Wildman–Crippen MR) is 139 cm³/mol. The summed E-state index contributed by atoms with van der Waals surface area (Å²) >= 11 is 12.8. The second-order valence-electron chi connectivity index (χ2n) is 8.95. The molecule has 0 bridgehead atoms. The van der Waals surface area contributed by atoms with Crippen LogP contribution < -0.4 is 16.2 Å². The van der Waals surface area contributed by atoms with Gasteiger partial charge in [-0.05, 0) is 50.1 Å². The monoisotopic (exact) mass is 516 g/mol. The number of amides is 1. The zero-order valence-corrected chi connectivity index (χ0v) is 21.2. The molecule has 2 aromatic rings. The largest absolute Gasteiger partial charge is 0.482 e. The van der Waals surface area contributed by atoms with E-state index in [4.69, 9.17) is 44.1 Å². The normalized spacial score (nSPS) is 21.4. The molecule has 0 radical (unpaired) electrons. The predicted octanol–water partition coefficient (Wildman–Crippen LogP) is 4.44. The van der Waals surface area contributed by atoms with Crippen LogP contribution >= 0.6 is 23.2 Å². The topological polar surface area (TPSA) is 104 Å². The number of allylic oxidation sites excluding steroid dienone is 3. The molecule has 1 fully saturated rings. The number of pyridine rings is 1. The first-order valence-electron chi connectivity index (χ1n) is 11.6. The highest BCUT2D eigenvalue weighted by atomic mass is 35.5. The zero-order chi connectivity index (χ0) is 25.0. The van der Waals surface area contributed by atoms with Gasteiger partial charge in [-0.1, -0.05) is 47.5 Å². The first kappa shape index (κ1) is 25.5. The van der Waals surface area contributed by atoms with Crippen molar-refractivity contribution in [2.45, 2.75) is 31.3 Å². The second kappa shape index (κ2) is 11.0. The summed E-state index contributed by atoms with van der Waals surface area (Å²) < 4.78 is 11.7. The van der Waals surface area contributed by atoms with Gasteiger partial charge in [0.15, 0.2) is 11.6 Å². The van der Waals surface area contributed by atoms with Gasteiger partial charge in [0.1, 0.15) is 6.10 Å². The Morgan fingerprint density at radius 3 is 2.69 bits per heavy atom. The van der Waals surface area contributed by atoms with Gasteiger partial charge in [-0.3, -0.25) is 9.69 Å². The number of primary amides is 1. The first-order valence-corrected chi connectivity index (χ1v) is 12.4. The maximum atomic E-state index is 12.1. The average molecular weight is 517 g/mol. The quantitative estimate of drug-likeness (QED) is 0.537. The molecule has 0 saturated carbocycles. The molecule has 1 aliphatic heterocycles. The van der Waals surface area contributed by atoms with Gasteiger partial charge in [-0.15, -0.1) is 0 Å². The number of anilines is 1. The summed E-state index contributed by atoms with van der Waals surface area (Å²) in [6.45, 7) is 5.90. The van der Waals surface area contributed by atoms with Crippen molar-refractivity contribution in [3.05, 3.63) is 75.4 Å². The SMILES string of the molecule is CC(Oc1cc(C2(CCN3CCOCC3)C=CC=C(C(N)=O)C2)cnc1N)c1c(Cl)cccc1Cl. The lowest BCUT2D eigenvalue weighted by Gasteiger charge is -2.37. The number of benzene rings is 1. The Bertz CT molecular complexity index is 1130. The number of hydrogen-bond donors (Lipinski definition) is 2. The minimum Gasteiger partial charge on any atom is -0.482 e. The van der Waals surface area contributed by atoms with Crippen LogP contribution in [0.5, 0.6) is 5.75 Å². The summed E-state index contributed by atoms with van der Waals surface area (Å²) in [5.74, 6) is 0.268. The first-order chi connectivity index (χ1) is 16.8. The molecular weight excluding hydrogens is 487 g/mol. The Labute approximate surface area is 215 Å². The van der Waals surface area contributed by atoms with Crippen LogP contribution in [0.2, 0.25) is 10.0 Å². The van der Waals surface area contributed by atoms with Crippen LogP contribution in [0.25, 0.3) is 0 Å². The van der Waals surface area contributed by atoms with Crippen LogP contribution in [0.15, 0.2) is 54.3 Å². The van der Waals surface area contributed by atoms with Crippen molar-refractivity contribution in [3.8, 4) is 5.75 Å². The standard InChI is InChI=1S/C26H30Cl2N4O3/c1-17(23-20(27)5-2-6-21(23)28)35-22-14-19(16-31-24(22)29)26(7-3-4-18(15-26)25(30)33)8-9-32-10-12-34-13-11-32/h2-7,14,16-17H,8-13,15H2,1H3,(H2,29,31)(H2,30,33). The fourth-order valence-corrected chi connectivity index (χ4v) is 5.35. The number of carbonyl (C=O) groups excluding carboxylic acids is 1. The van der Waals surface area contributed by atoms with Gasteiger partial charge in [0, 0.05) is 45.9 Å². The van der Waals surface area contributed by atoms with Crippen molar-refractivity contribution < 1.29 is 14.3 Å². The molecule has 1 saturated heterocycles. The highest BCUT2D eigenvalue weighted by Crippen LogP contribution is 2.42. The molecule has 2 aliphatic rings. The van der Waals surface area contributed by atoms with E-state index in [9.17, 15) is 4.79 Å². The number of rotatable bonds is 8. The summed E-state index contributed by atoms with van der Waals surface area (Å²) in [7, 11) is 0. The molecule has 2 heterocycles. The minimum absolute atomic E-state index is 0.262. The number of nitrogen functional groups attached to an aromatic ring is 1. The van der Waals surface area contributed by atoms with E-state index < -0.39 is 17.4 Å². The van der Waals surface area contributed by atoms with Gasteiger partial charge >= 0.3 is 0 Å². The lowest BCUT2D eigenvalue weighted by atomic mass is 9.71. The molecule has 1 aliphatic carbocycles. The van der Waals surface area contributed by atoms with E-state index in [1.807, 2.05) is 19.1 Å². The van der Waals surface area contributed by atoms with Gasteiger partial charge in [-0.2, -0.15) is 0 Å². The molecule has 9 heteroatoms. The minimum atomic E-state index is -0.485. The number of hydrogen-bond acceptors (Lipinski definition) is 6. The van der Waals surface area contributed by atoms with E-state index in [1.54, 1.807) is 30.5 Å². The number of carbonyl (C=O) groups is 1. The Hall–Kier alpha value is -2.58. The second-order valence-corrected chi connectivity index (χ2v) is 9.77. The van der Waals surface area contributed by atoms with Crippen LogP contribution in [0.3, 0.4) is 0 Å². The van der Waals surface area contributed by atoms with Crippen LogP contribution in [-0.4, -0.2) is 48.6 Å². The highest BCUT2D eigenvalue weighted by Gasteiger charge is 2.35. The molecular formula is C26H30Cl2N4O3. The number of nitrogens with two attached hydrogens (primary N) is 2. The Morgan fingerprint density at radius 1 is 1.29 bits per heavy atom. The summed E-state index contributed by atoms with van der Waals surface area (Å²) in [4.78, 5) is 18.9. The summed E-state index contributed by atoms with van der Waals surface area (Å²) in [5, 5.41) is 1.03. The number of nitrogens with zero attached hydrogens (tertiary/aromatic N) is 2. The maximum Gasteiger partial charge on any atom is 0.244 e. The Kier molecular flexibility index (Phi) is 8.02. The summed E-state index contributed by atoms with van der Waals surface area (Å²) in [5.41, 5.74) is 13.5. The average Bonchev–Trinajstić information content (AvgIpc) is 2.85. The molecule has 2 atom stereocenters. The third-order valence-corrected chi connectivity index (χ3v) is 7.34. The third kappa shape index (κ3) is 5.81. The summed E-state index contributed by atoms with van der Waals surface area (Å²) in [6.07, 6.45) is 8.33. The van der Waals surface area contributed by atoms with Crippen molar-refractivity contribution >= 4 is 34.9 Å². The van der Waals surface area contributed by atoms with E-state index >= 15 is 0 Å². The van der Waals surface area contributed by atoms with Crippen LogP contribution in [0, 0.1) is 0 Å². The van der Waals surface area contributed by atoms with E-state index in [0.717, 1.165) is 44.8 Å². The van der Waals surface area contributed by atoms with Gasteiger partial charge in [0.25, 0.3) is 0 Å². The molecule has 1 aromatic carbocycles. The maximum absolute atomic E-state index is 12.1. The number of aromatic nitrogens is 1. The van der Waals surface area contributed by atoms with Gasteiger partial charge in [0.05, 0.1) is 13.2 Å². The molecule has 1 aromatic heterocycles. The Balaban J connectivity index is 1.64. The molecule has 35 heavy (non-hydrogen) atoms. The smallest absolute Gasteiger partial charge is 0.244 e.